The Bertz CT molecular complexity index is 3080. The number of carboxylic acid groups (broad SMARTS) is 1. The number of aliphatic imine (C=N–C) groups is 1. The number of alkyl carbamates (subject to hydrolysis) is 1. The van der Waals surface area contributed by atoms with Crippen molar-refractivity contribution in [1.29, 1.82) is 0 Å². The number of rotatable bonds is 31. The number of nitrogens with one attached hydrogen (secondary N) is 7. The molecule has 89 heavy (non-hydrogen) atoms. The lowest BCUT2D eigenvalue weighted by Crippen LogP contribution is -2.55. The Labute approximate surface area is 514 Å². The summed E-state index contributed by atoms with van der Waals surface area (Å²) < 4.78 is 23.6. The van der Waals surface area contributed by atoms with Crippen molar-refractivity contribution in [3.05, 3.63) is 90.0 Å². The van der Waals surface area contributed by atoms with Gasteiger partial charge in [0.25, 0.3) is 0 Å². The number of hydrogen-bond donors (Lipinski definition) is 10. The maximum Gasteiger partial charge on any atom is 0.406 e. The number of unbranched alkanes of at least 4 members (excludes halogenated alkanes) is 1. The number of Topliss-reactive ketones (excluding diaryl/α,β-unsaturated/α-hetero) is 1. The van der Waals surface area contributed by atoms with Gasteiger partial charge in [0.2, 0.25) is 41.4 Å². The summed E-state index contributed by atoms with van der Waals surface area (Å²) >= 11 is 0. The van der Waals surface area contributed by atoms with Gasteiger partial charge in [0.05, 0.1) is 83.1 Å². The molecule has 8 amide bonds. The van der Waals surface area contributed by atoms with Crippen LogP contribution in [0.5, 0.6) is 0 Å². The second-order valence-electron chi connectivity index (χ2n) is 20.9. The summed E-state index contributed by atoms with van der Waals surface area (Å²) in [6.45, 7) is 1.64. The van der Waals surface area contributed by atoms with E-state index >= 15 is 0 Å². The van der Waals surface area contributed by atoms with Crippen LogP contribution in [0.3, 0.4) is 0 Å². The number of anilines is 1. The van der Waals surface area contributed by atoms with Crippen molar-refractivity contribution < 1.29 is 72.0 Å². The highest BCUT2D eigenvalue weighted by Gasteiger charge is 2.34. The largest absolute Gasteiger partial charge is 0.481 e. The number of carboxylic acids is 1. The molecule has 2 aliphatic rings. The van der Waals surface area contributed by atoms with Crippen molar-refractivity contribution in [1.82, 2.24) is 52.2 Å². The Balaban J connectivity index is 0.953. The number of ether oxygens (including phenoxy) is 4. The Hall–Kier alpha value is -9.35. The zero-order valence-electron chi connectivity index (χ0n) is 49.8. The summed E-state index contributed by atoms with van der Waals surface area (Å²) in [6.07, 6.45) is -0.901. The number of aliphatic carboxylic acids is 1. The fourth-order valence-corrected chi connectivity index (χ4v) is 9.79. The molecule has 4 atom stereocenters. The van der Waals surface area contributed by atoms with Crippen molar-refractivity contribution in [3.8, 4) is 22.5 Å². The van der Waals surface area contributed by atoms with Crippen molar-refractivity contribution in [2.75, 3.05) is 84.4 Å². The standard InChI is InChI=1S/C60H80N14O15/c1-63-60(85)89-33-32-88-31-30-87-29-26-74-55-42-15-6-5-14-40(42)38-73(47-19-8-7-16-43(47)54(55)71-72-74)52(79)20-25-65-50(77)22-28-86-27-21-49(76)64-23-10-9-17-45-58(84)70-44(18-11-24-66-59(61)62)57(83)67-37-51(78)68-46(36-53(80)81)48(75)35-41(56(82)69-45)34-39-12-3-2-4-13-39/h2-8,12-16,19,41,44-46H,9-11,17-18,20-38H2,1H3,(H,63,85)(H,64,76)(H,65,77)(H,67,83)(H,68,78)(H,69,82)(H,70,84)(H,80,81)(H4,61,62,66)/t41-,44-,45?,46-/m0/s1. The van der Waals surface area contributed by atoms with Crippen LogP contribution in [0, 0.1) is 5.92 Å². The summed E-state index contributed by atoms with van der Waals surface area (Å²) in [5, 5.41) is 36.9. The Morgan fingerprint density at radius 2 is 1.34 bits per heavy atom. The molecule has 480 valence electrons. The maximum atomic E-state index is 14.2. The van der Waals surface area contributed by atoms with Gasteiger partial charge in [-0.25, -0.2) is 9.48 Å². The van der Waals surface area contributed by atoms with Crippen LogP contribution >= 0.6 is 0 Å². The molecule has 29 nitrogen and oxygen atoms in total. The molecule has 4 aromatic rings. The fourth-order valence-electron chi connectivity index (χ4n) is 9.79. The van der Waals surface area contributed by atoms with E-state index in [4.69, 9.17) is 30.4 Å². The highest BCUT2D eigenvalue weighted by Crippen LogP contribution is 2.41. The Morgan fingerprint density at radius 3 is 2.07 bits per heavy atom. The van der Waals surface area contributed by atoms with Crippen molar-refractivity contribution in [3.63, 3.8) is 0 Å². The van der Waals surface area contributed by atoms with Crippen molar-refractivity contribution in [2.24, 2.45) is 22.4 Å². The van der Waals surface area contributed by atoms with Gasteiger partial charge in [0.1, 0.15) is 24.4 Å². The van der Waals surface area contributed by atoms with Crippen LogP contribution in [0.1, 0.15) is 75.3 Å². The van der Waals surface area contributed by atoms with Crippen LogP contribution in [0.25, 0.3) is 22.5 Å². The molecule has 6 rings (SSSR count). The number of nitrogens with zero attached hydrogens (tertiary/aromatic N) is 5. The van der Waals surface area contributed by atoms with Gasteiger partial charge in [-0.1, -0.05) is 78.0 Å². The van der Waals surface area contributed by atoms with Crippen LogP contribution in [0.2, 0.25) is 0 Å². The number of fused-ring (bicyclic) bond motifs is 5. The lowest BCUT2D eigenvalue weighted by atomic mass is 9.90. The number of carbonyl (C=O) groups is 10. The molecule has 0 aliphatic carbocycles. The third-order valence-electron chi connectivity index (χ3n) is 14.3. The number of benzene rings is 3. The SMILES string of the molecule is CNC(=O)OCCOCCOCCn1nnc2c1-c1ccccc1CN(C(=O)CCNC(=O)CCOCCC(=O)NCCCCC1NC(=O)[C@@H](Cc3ccccc3)CC(=O)[C@H](CC(=O)O)NC(=O)CNC(=O)[C@H](CCCN=C(N)N)NC1=O)c1ccccc1-2. The van der Waals surface area contributed by atoms with E-state index in [1.54, 1.807) is 39.9 Å². The Morgan fingerprint density at radius 1 is 0.697 bits per heavy atom. The average Bonchev–Trinajstić information content (AvgIpc) is 1.75. The van der Waals surface area contributed by atoms with E-state index in [1.807, 2.05) is 48.5 Å². The number of hydrogen-bond acceptors (Lipinski definition) is 17. The Kier molecular flexibility index (Phi) is 28.4. The quantitative estimate of drug-likeness (QED) is 0.0185. The number of nitrogens with two attached hydrogens (primary N) is 2. The molecule has 1 fully saturated rings. The first kappa shape index (κ1) is 68.8. The second kappa shape index (κ2) is 36.7. The van der Waals surface area contributed by atoms with Crippen LogP contribution in [-0.4, -0.2) is 183 Å². The normalized spacial score (nSPS) is 17.0. The van der Waals surface area contributed by atoms with Gasteiger partial charge in [-0.15, -0.1) is 5.10 Å². The highest BCUT2D eigenvalue weighted by atomic mass is 16.6. The molecule has 2 aliphatic heterocycles. The molecule has 12 N–H and O–H groups in total. The van der Waals surface area contributed by atoms with Crippen LogP contribution in [0.15, 0.2) is 83.9 Å². The van der Waals surface area contributed by atoms with Crippen molar-refractivity contribution >= 4 is 70.8 Å². The zero-order valence-corrected chi connectivity index (χ0v) is 49.8. The molecule has 0 saturated carbocycles. The third-order valence-corrected chi connectivity index (χ3v) is 14.3. The van der Waals surface area contributed by atoms with Gasteiger partial charge in [-0.05, 0) is 55.7 Å². The van der Waals surface area contributed by atoms with Gasteiger partial charge < -0.3 is 77.6 Å². The van der Waals surface area contributed by atoms with E-state index in [2.05, 4.69) is 52.5 Å². The molecule has 0 radical (unpaired) electrons. The maximum absolute atomic E-state index is 14.2. The van der Waals surface area contributed by atoms with Gasteiger partial charge >= 0.3 is 12.1 Å². The van der Waals surface area contributed by atoms with E-state index < -0.39 is 84.9 Å². The van der Waals surface area contributed by atoms with Crippen LogP contribution < -0.4 is 53.6 Å². The number of carbonyl (C=O) groups excluding carboxylic acids is 9. The zero-order chi connectivity index (χ0) is 63.9. The average molecular weight is 1240 g/mol. The molecular formula is C60H80N14O15. The monoisotopic (exact) mass is 1240 g/mol. The predicted octanol–water partition coefficient (Wildman–Crippen LogP) is 0.368. The van der Waals surface area contributed by atoms with Gasteiger partial charge in [0, 0.05) is 69.4 Å². The topological polar surface area (TPSA) is 410 Å². The highest BCUT2D eigenvalue weighted by molar-refractivity contribution is 6.01. The summed E-state index contributed by atoms with van der Waals surface area (Å²) in [4.78, 5) is 137. The summed E-state index contributed by atoms with van der Waals surface area (Å²) in [5.74, 6) is -7.39. The smallest absolute Gasteiger partial charge is 0.406 e. The van der Waals surface area contributed by atoms with E-state index in [9.17, 15) is 53.1 Å². The number of amides is 8. The van der Waals surface area contributed by atoms with Crippen LogP contribution in [-0.2, 0) is 81.6 Å². The molecule has 3 heterocycles. The summed E-state index contributed by atoms with van der Waals surface area (Å²) in [6, 6.07) is 19.9. The first-order chi connectivity index (χ1) is 43.0. The second-order valence-corrected chi connectivity index (χ2v) is 20.9. The summed E-state index contributed by atoms with van der Waals surface area (Å²) in [7, 11) is 1.48. The minimum Gasteiger partial charge on any atom is -0.481 e. The molecular weight excluding hydrogens is 1160 g/mol. The summed E-state index contributed by atoms with van der Waals surface area (Å²) in [5.41, 5.74) is 16.0. The third kappa shape index (κ3) is 23.0. The van der Waals surface area contributed by atoms with Gasteiger partial charge in [0.15, 0.2) is 11.7 Å². The molecule has 29 heteroatoms. The minimum atomic E-state index is -1.52. The van der Waals surface area contributed by atoms with E-state index in [1.165, 1.54) is 7.05 Å². The van der Waals surface area contributed by atoms with Gasteiger partial charge in [-0.2, -0.15) is 0 Å². The number of guanidine groups is 1. The fraction of sp³-hybridized carbons (Fsp3) is 0.483. The molecule has 1 aromatic heterocycles. The van der Waals surface area contributed by atoms with Crippen molar-refractivity contribution in [2.45, 2.75) is 102 Å². The van der Waals surface area contributed by atoms with Gasteiger partial charge in [-0.3, -0.25) is 48.1 Å². The van der Waals surface area contributed by atoms with E-state index in [0.29, 0.717) is 61.7 Å². The lowest BCUT2D eigenvalue weighted by molar-refractivity contribution is -0.140. The molecule has 3 aromatic carbocycles. The number of aromatic nitrogens is 3. The van der Waals surface area contributed by atoms with Crippen LogP contribution in [0.4, 0.5) is 10.5 Å². The first-order valence-electron chi connectivity index (χ1n) is 29.6. The molecule has 1 saturated heterocycles. The molecule has 0 bridgehead atoms. The number of para-hydroxylation sites is 1. The predicted molar refractivity (Wildman–Crippen MR) is 323 cm³/mol. The van der Waals surface area contributed by atoms with E-state index in [0.717, 1.165) is 16.8 Å². The lowest BCUT2D eigenvalue weighted by Gasteiger charge is -2.28. The molecule has 0 spiro atoms. The number of ketones is 1. The minimum absolute atomic E-state index is 0.00705. The molecule has 1 unspecified atom stereocenters. The van der Waals surface area contributed by atoms with E-state index in [-0.39, 0.29) is 121 Å². The first-order valence-corrected chi connectivity index (χ1v) is 29.6.